The topological polar surface area (TPSA) is 23.9 Å². The molecule has 82 valence electrons. The molecule has 0 unspecified atom stereocenters. The van der Waals surface area contributed by atoms with E-state index in [0.29, 0.717) is 17.5 Å². The molecule has 0 heterocycles. The normalized spacial score (nSPS) is 11.5. The van der Waals surface area contributed by atoms with E-state index < -0.39 is 11.7 Å². The maximum Gasteiger partial charge on any atom is 0.416 e. The number of alkyl halides is 3. The number of hydrogen-bond donors (Lipinski definition) is 1. The largest absolute Gasteiger partial charge is 0.416 e. The molecule has 4 heteroatoms. The fourth-order valence-electron chi connectivity index (χ4n) is 1.28. The molecule has 0 aliphatic heterocycles. The maximum absolute atomic E-state index is 12.5. The highest BCUT2D eigenvalue weighted by atomic mass is 19.4. The third kappa shape index (κ3) is 2.81. The Labute approximate surface area is 86.4 Å². The van der Waals surface area contributed by atoms with E-state index in [4.69, 9.17) is 5.41 Å². The van der Waals surface area contributed by atoms with Crippen molar-refractivity contribution >= 4 is 5.71 Å². The Kier molecular flexibility index (Phi) is 3.17. The fourth-order valence-corrected chi connectivity index (χ4v) is 1.28. The molecule has 1 aromatic rings. The Morgan fingerprint density at radius 1 is 1.27 bits per heavy atom. The number of benzene rings is 1. The van der Waals surface area contributed by atoms with Gasteiger partial charge in [0.25, 0.3) is 0 Å². The van der Waals surface area contributed by atoms with Crippen molar-refractivity contribution in [2.75, 3.05) is 0 Å². The highest BCUT2D eigenvalue weighted by molar-refractivity contribution is 5.96. The summed E-state index contributed by atoms with van der Waals surface area (Å²) in [4.78, 5) is 0. The molecule has 0 spiro atoms. The third-order valence-corrected chi connectivity index (χ3v) is 2.16. The monoisotopic (exact) mass is 215 g/mol. The SMILES string of the molecule is CCc1cc(C(C)=N)cc(C(F)(F)F)c1. The third-order valence-electron chi connectivity index (χ3n) is 2.16. The van der Waals surface area contributed by atoms with Crippen LogP contribution in [0.15, 0.2) is 18.2 Å². The van der Waals surface area contributed by atoms with Gasteiger partial charge in [0, 0.05) is 5.71 Å². The molecule has 0 aliphatic rings. The summed E-state index contributed by atoms with van der Waals surface area (Å²) in [6.45, 7) is 3.27. The van der Waals surface area contributed by atoms with Gasteiger partial charge in [-0.2, -0.15) is 13.2 Å². The molecule has 0 saturated heterocycles. The first-order valence-corrected chi connectivity index (χ1v) is 4.61. The second-order valence-corrected chi connectivity index (χ2v) is 3.39. The zero-order valence-corrected chi connectivity index (χ0v) is 8.57. The van der Waals surface area contributed by atoms with Crippen molar-refractivity contribution < 1.29 is 13.2 Å². The first kappa shape index (κ1) is 11.8. The Morgan fingerprint density at radius 2 is 1.87 bits per heavy atom. The van der Waals surface area contributed by atoms with Gasteiger partial charge >= 0.3 is 6.18 Å². The molecule has 0 radical (unpaired) electrons. The molecule has 1 aromatic carbocycles. The lowest BCUT2D eigenvalue weighted by Gasteiger charge is -2.10. The Hall–Kier alpha value is -1.32. The first-order valence-electron chi connectivity index (χ1n) is 4.61. The van der Waals surface area contributed by atoms with Crippen LogP contribution in [0.1, 0.15) is 30.5 Å². The average molecular weight is 215 g/mol. The van der Waals surface area contributed by atoms with Crippen molar-refractivity contribution in [3.05, 3.63) is 34.9 Å². The molecule has 1 N–H and O–H groups in total. The van der Waals surface area contributed by atoms with E-state index in [9.17, 15) is 13.2 Å². The Balaban J connectivity index is 3.30. The zero-order chi connectivity index (χ0) is 11.6. The van der Waals surface area contributed by atoms with Gasteiger partial charge < -0.3 is 5.41 Å². The van der Waals surface area contributed by atoms with Gasteiger partial charge in [-0.1, -0.05) is 6.92 Å². The smallest absolute Gasteiger partial charge is 0.305 e. The minimum Gasteiger partial charge on any atom is -0.305 e. The average Bonchev–Trinajstić information content (AvgIpc) is 2.15. The quantitative estimate of drug-likeness (QED) is 0.728. The van der Waals surface area contributed by atoms with Gasteiger partial charge in [0.1, 0.15) is 0 Å². The Morgan fingerprint density at radius 3 is 2.27 bits per heavy atom. The van der Waals surface area contributed by atoms with Crippen molar-refractivity contribution in [3.8, 4) is 0 Å². The van der Waals surface area contributed by atoms with Crippen LogP contribution < -0.4 is 0 Å². The van der Waals surface area contributed by atoms with Gasteiger partial charge in [0.15, 0.2) is 0 Å². The van der Waals surface area contributed by atoms with Gasteiger partial charge in [-0.25, -0.2) is 0 Å². The molecule has 0 atom stereocenters. The van der Waals surface area contributed by atoms with Crippen molar-refractivity contribution in [1.82, 2.24) is 0 Å². The minimum atomic E-state index is -4.34. The van der Waals surface area contributed by atoms with E-state index in [1.165, 1.54) is 6.92 Å². The lowest BCUT2D eigenvalue weighted by Crippen LogP contribution is -2.08. The summed E-state index contributed by atoms with van der Waals surface area (Å²) in [5.41, 5.74) is 0.410. The molecule has 0 aliphatic carbocycles. The predicted molar refractivity (Wildman–Crippen MR) is 53.3 cm³/mol. The summed E-state index contributed by atoms with van der Waals surface area (Å²) in [5.74, 6) is 0. The van der Waals surface area contributed by atoms with Crippen LogP contribution in [0.2, 0.25) is 0 Å². The Bertz CT molecular complexity index is 380. The fraction of sp³-hybridized carbons (Fsp3) is 0.364. The molecule has 0 fully saturated rings. The molecule has 0 bridgehead atoms. The summed E-state index contributed by atoms with van der Waals surface area (Å²) in [5, 5.41) is 7.34. The van der Waals surface area contributed by atoms with E-state index in [-0.39, 0.29) is 5.71 Å². The minimum absolute atomic E-state index is 0.149. The molecular weight excluding hydrogens is 203 g/mol. The van der Waals surface area contributed by atoms with Gasteiger partial charge in [-0.15, -0.1) is 0 Å². The molecule has 0 amide bonds. The van der Waals surface area contributed by atoms with Crippen LogP contribution in [0, 0.1) is 5.41 Å². The van der Waals surface area contributed by atoms with Crippen molar-refractivity contribution in [3.63, 3.8) is 0 Å². The van der Waals surface area contributed by atoms with Crippen LogP contribution in [0.25, 0.3) is 0 Å². The highest BCUT2D eigenvalue weighted by Gasteiger charge is 2.31. The molecule has 15 heavy (non-hydrogen) atoms. The van der Waals surface area contributed by atoms with Crippen LogP contribution in [0.4, 0.5) is 13.2 Å². The lowest BCUT2D eigenvalue weighted by molar-refractivity contribution is -0.137. The summed E-state index contributed by atoms with van der Waals surface area (Å²) in [6.07, 6.45) is -3.81. The van der Waals surface area contributed by atoms with Gasteiger partial charge in [0.05, 0.1) is 5.56 Å². The number of hydrogen-bond acceptors (Lipinski definition) is 1. The van der Waals surface area contributed by atoms with Crippen LogP contribution in [-0.4, -0.2) is 5.71 Å². The summed E-state index contributed by atoms with van der Waals surface area (Å²) < 4.78 is 37.4. The van der Waals surface area contributed by atoms with Crippen molar-refractivity contribution in [2.24, 2.45) is 0 Å². The number of halogens is 3. The number of nitrogens with one attached hydrogen (secondary N) is 1. The van der Waals surface area contributed by atoms with E-state index in [1.807, 2.05) is 0 Å². The zero-order valence-electron chi connectivity index (χ0n) is 8.57. The van der Waals surface area contributed by atoms with Crippen LogP contribution in [0.3, 0.4) is 0 Å². The van der Waals surface area contributed by atoms with Crippen LogP contribution in [-0.2, 0) is 12.6 Å². The second kappa shape index (κ2) is 4.04. The van der Waals surface area contributed by atoms with E-state index in [2.05, 4.69) is 0 Å². The molecule has 1 rings (SSSR count). The summed E-state index contributed by atoms with van der Waals surface area (Å²) in [7, 11) is 0. The lowest BCUT2D eigenvalue weighted by atomic mass is 10.0. The molecule has 0 saturated carbocycles. The number of aryl methyl sites for hydroxylation is 1. The maximum atomic E-state index is 12.5. The van der Waals surface area contributed by atoms with E-state index >= 15 is 0 Å². The van der Waals surface area contributed by atoms with Crippen LogP contribution >= 0.6 is 0 Å². The molecular formula is C11H12F3N. The van der Waals surface area contributed by atoms with Gasteiger partial charge in [-0.05, 0) is 42.7 Å². The molecule has 1 nitrogen and oxygen atoms in total. The summed E-state index contributed by atoms with van der Waals surface area (Å²) >= 11 is 0. The van der Waals surface area contributed by atoms with E-state index in [0.717, 1.165) is 12.1 Å². The summed E-state index contributed by atoms with van der Waals surface area (Å²) in [6, 6.07) is 3.77. The van der Waals surface area contributed by atoms with E-state index in [1.54, 1.807) is 13.0 Å². The van der Waals surface area contributed by atoms with Crippen LogP contribution in [0.5, 0.6) is 0 Å². The first-order chi connectivity index (χ1) is 6.84. The van der Waals surface area contributed by atoms with Crippen molar-refractivity contribution in [1.29, 1.82) is 5.41 Å². The second-order valence-electron chi connectivity index (χ2n) is 3.39. The van der Waals surface area contributed by atoms with Gasteiger partial charge in [-0.3, -0.25) is 0 Å². The molecule has 0 aromatic heterocycles. The van der Waals surface area contributed by atoms with Gasteiger partial charge in [0.2, 0.25) is 0 Å². The predicted octanol–water partition coefficient (Wildman–Crippen LogP) is 3.66. The standard InChI is InChI=1S/C11H12F3N/c1-3-8-4-9(7(2)15)6-10(5-8)11(12,13)14/h4-6,15H,3H2,1-2H3. The highest BCUT2D eigenvalue weighted by Crippen LogP contribution is 2.30. The number of rotatable bonds is 2. The van der Waals surface area contributed by atoms with Crippen molar-refractivity contribution in [2.45, 2.75) is 26.4 Å².